The predicted molar refractivity (Wildman–Crippen MR) is 108 cm³/mol. The molecule has 2 heteroatoms. The van der Waals surface area contributed by atoms with Crippen LogP contribution in [0.1, 0.15) is 25.0 Å². The van der Waals surface area contributed by atoms with Crippen molar-refractivity contribution in [1.29, 1.82) is 0 Å². The van der Waals surface area contributed by atoms with Gasteiger partial charge in [-0.15, -0.1) is 0 Å². The molecular weight excluding hydrogens is 393 g/mol. The van der Waals surface area contributed by atoms with Gasteiger partial charge in [0.2, 0.25) is 0 Å². The molecule has 0 N–H and O–H groups in total. The number of benzene rings is 1. The maximum absolute atomic E-state index is 4.21. The fourth-order valence-corrected chi connectivity index (χ4v) is 3.58. The lowest BCUT2D eigenvalue weighted by Crippen LogP contribution is -2.16. The van der Waals surface area contributed by atoms with Crippen LogP contribution in [0.25, 0.3) is 5.57 Å². The van der Waals surface area contributed by atoms with E-state index in [0.29, 0.717) is 0 Å². The van der Waals surface area contributed by atoms with Crippen molar-refractivity contribution in [1.82, 2.24) is 3.11 Å². The van der Waals surface area contributed by atoms with Gasteiger partial charge in [-0.25, -0.2) is 0 Å². The maximum atomic E-state index is 4.21. The van der Waals surface area contributed by atoms with E-state index in [4.69, 9.17) is 0 Å². The second-order valence-corrected chi connectivity index (χ2v) is 7.48. The molecule has 116 valence electrons. The number of fused-ring (bicyclic) bond motifs is 3. The Morgan fingerprint density at radius 2 is 1.78 bits per heavy atom. The zero-order valence-electron chi connectivity index (χ0n) is 13.5. The number of allylic oxidation sites excluding steroid dienone is 8. The molecule has 1 nitrogen and oxygen atoms in total. The minimum Gasteiger partial charge on any atom is -0.297 e. The highest BCUT2D eigenvalue weighted by Crippen LogP contribution is 2.50. The highest BCUT2D eigenvalue weighted by molar-refractivity contribution is 14.1. The lowest BCUT2D eigenvalue weighted by Gasteiger charge is -2.23. The summed E-state index contributed by atoms with van der Waals surface area (Å²) in [5, 5.41) is 0. The summed E-state index contributed by atoms with van der Waals surface area (Å²) in [6.07, 6.45) is 12.4. The van der Waals surface area contributed by atoms with Gasteiger partial charge in [0.25, 0.3) is 0 Å². The van der Waals surface area contributed by atoms with Crippen molar-refractivity contribution < 1.29 is 0 Å². The Hall–Kier alpha value is -1.81. The van der Waals surface area contributed by atoms with Crippen LogP contribution in [-0.4, -0.2) is 3.11 Å². The number of hydrogen-bond donors (Lipinski definition) is 0. The van der Waals surface area contributed by atoms with Crippen molar-refractivity contribution in [3.8, 4) is 0 Å². The zero-order valence-corrected chi connectivity index (χ0v) is 15.7. The number of hydrogen-bond acceptors (Lipinski definition) is 1. The van der Waals surface area contributed by atoms with Crippen LogP contribution in [0.15, 0.2) is 90.8 Å². The fraction of sp³-hybridized carbons (Fsp3) is 0.143. The minimum atomic E-state index is -0.0389. The molecular formula is C21H20IN. The Kier molecular flexibility index (Phi) is 4.19. The fourth-order valence-electron chi connectivity index (χ4n) is 3.12. The first-order chi connectivity index (χ1) is 10.9. The molecule has 0 atom stereocenters. The molecule has 1 aromatic carbocycles. The third-order valence-corrected chi connectivity index (χ3v) is 5.07. The van der Waals surface area contributed by atoms with Gasteiger partial charge < -0.3 is 0 Å². The first-order valence-electron chi connectivity index (χ1n) is 7.62. The number of nitrogens with zero attached hydrogens (tertiary/aromatic N) is 1. The summed E-state index contributed by atoms with van der Waals surface area (Å²) in [6, 6.07) is 8.63. The molecule has 0 fully saturated rings. The lowest BCUT2D eigenvalue weighted by molar-refractivity contribution is 0.649. The van der Waals surface area contributed by atoms with Crippen LogP contribution in [0.4, 0.5) is 0 Å². The summed E-state index contributed by atoms with van der Waals surface area (Å²) >= 11 is 2.31. The van der Waals surface area contributed by atoms with Crippen LogP contribution in [0.5, 0.6) is 0 Å². The van der Waals surface area contributed by atoms with Crippen molar-refractivity contribution in [2.24, 2.45) is 0 Å². The van der Waals surface area contributed by atoms with Gasteiger partial charge in [0.15, 0.2) is 0 Å². The van der Waals surface area contributed by atoms with E-state index in [9.17, 15) is 0 Å². The molecule has 0 aromatic heterocycles. The van der Waals surface area contributed by atoms with Crippen molar-refractivity contribution in [2.75, 3.05) is 0 Å². The molecule has 1 aliphatic heterocycles. The molecule has 2 aliphatic rings. The van der Waals surface area contributed by atoms with Gasteiger partial charge in [0, 0.05) is 17.8 Å². The Balaban J connectivity index is 2.28. The Morgan fingerprint density at radius 3 is 2.57 bits per heavy atom. The number of rotatable bonds is 0. The molecule has 0 saturated carbocycles. The Labute approximate surface area is 152 Å². The van der Waals surface area contributed by atoms with Gasteiger partial charge in [-0.05, 0) is 45.6 Å². The predicted octanol–water partition coefficient (Wildman–Crippen LogP) is 6.09. The zero-order chi connectivity index (χ0) is 16.6. The SMILES string of the molecule is C=C1/C=C\C=C/N(I)/C=C2\C(=C/C1=C)c1ccccc1C2(C)C. The second-order valence-electron chi connectivity index (χ2n) is 6.37. The highest BCUT2D eigenvalue weighted by atomic mass is 127. The van der Waals surface area contributed by atoms with Crippen LogP contribution >= 0.6 is 22.9 Å². The quantitative estimate of drug-likeness (QED) is 0.367. The molecule has 1 aliphatic carbocycles. The van der Waals surface area contributed by atoms with Gasteiger partial charge in [-0.2, -0.15) is 0 Å². The average Bonchev–Trinajstić information content (AvgIpc) is 2.71. The van der Waals surface area contributed by atoms with E-state index in [0.717, 1.165) is 11.1 Å². The van der Waals surface area contributed by atoms with E-state index in [-0.39, 0.29) is 5.41 Å². The largest absolute Gasteiger partial charge is 0.297 e. The van der Waals surface area contributed by atoms with Crippen molar-refractivity contribution in [3.63, 3.8) is 0 Å². The summed E-state index contributed by atoms with van der Waals surface area (Å²) < 4.78 is 2.08. The molecule has 0 spiro atoms. The topological polar surface area (TPSA) is 3.24 Å². The lowest BCUT2D eigenvalue weighted by atomic mass is 9.82. The Morgan fingerprint density at radius 1 is 1.04 bits per heavy atom. The van der Waals surface area contributed by atoms with Gasteiger partial charge in [0.1, 0.15) is 0 Å². The molecule has 23 heavy (non-hydrogen) atoms. The third kappa shape index (κ3) is 2.88. The molecule has 0 unspecified atom stereocenters. The van der Waals surface area contributed by atoms with Crippen molar-refractivity contribution in [2.45, 2.75) is 19.3 Å². The molecule has 0 saturated heterocycles. The smallest absolute Gasteiger partial charge is 0.0634 e. The van der Waals surface area contributed by atoms with E-state index < -0.39 is 0 Å². The van der Waals surface area contributed by atoms with E-state index in [1.807, 2.05) is 24.4 Å². The van der Waals surface area contributed by atoms with Crippen LogP contribution in [0, 0.1) is 0 Å². The van der Waals surface area contributed by atoms with Gasteiger partial charge in [-0.1, -0.05) is 63.4 Å². The minimum absolute atomic E-state index is 0.0389. The van der Waals surface area contributed by atoms with Crippen molar-refractivity contribution in [3.05, 3.63) is 102 Å². The summed E-state index contributed by atoms with van der Waals surface area (Å²) in [7, 11) is 0. The second kappa shape index (κ2) is 6.00. The first kappa shape index (κ1) is 16.1. The highest BCUT2D eigenvalue weighted by Gasteiger charge is 2.38. The molecule has 0 amide bonds. The van der Waals surface area contributed by atoms with Crippen molar-refractivity contribution >= 4 is 28.4 Å². The van der Waals surface area contributed by atoms with E-state index >= 15 is 0 Å². The van der Waals surface area contributed by atoms with Gasteiger partial charge >= 0.3 is 0 Å². The van der Waals surface area contributed by atoms with Crippen LogP contribution in [0.2, 0.25) is 0 Å². The standard InChI is InChI=1S/C21H20IN/c1-15-9-7-8-12-23(22)14-20-18(13-16(15)2)17-10-5-6-11-19(17)21(20,3)4/h5-14H,1-2H2,3-4H3/b9-7-,12-8-,18-13-,20-14+. The number of halogens is 1. The summed E-state index contributed by atoms with van der Waals surface area (Å²) in [6.45, 7) is 12.9. The molecule has 1 aromatic rings. The van der Waals surface area contributed by atoms with Gasteiger partial charge in [0.05, 0.1) is 22.9 Å². The molecule has 3 rings (SSSR count). The molecule has 0 bridgehead atoms. The first-order valence-corrected chi connectivity index (χ1v) is 8.59. The molecule has 1 heterocycles. The Bertz CT molecular complexity index is 803. The van der Waals surface area contributed by atoms with E-state index in [1.54, 1.807) is 0 Å². The van der Waals surface area contributed by atoms with Crippen LogP contribution < -0.4 is 0 Å². The van der Waals surface area contributed by atoms with Gasteiger partial charge in [-0.3, -0.25) is 3.11 Å². The maximum Gasteiger partial charge on any atom is 0.0634 e. The summed E-state index contributed by atoms with van der Waals surface area (Å²) in [5.41, 5.74) is 7.03. The monoisotopic (exact) mass is 413 g/mol. The summed E-state index contributed by atoms with van der Waals surface area (Å²) in [4.78, 5) is 0. The van der Waals surface area contributed by atoms with Crippen LogP contribution in [-0.2, 0) is 5.41 Å². The third-order valence-electron chi connectivity index (χ3n) is 4.47. The van der Waals surface area contributed by atoms with E-state index in [2.05, 4.69) is 89.5 Å². The summed E-state index contributed by atoms with van der Waals surface area (Å²) in [5.74, 6) is 0. The van der Waals surface area contributed by atoms with Crippen LogP contribution in [0.3, 0.4) is 0 Å². The van der Waals surface area contributed by atoms with E-state index in [1.165, 1.54) is 22.3 Å². The normalized spacial score (nSPS) is 27.0. The average molecular weight is 413 g/mol. The molecule has 0 radical (unpaired) electrons.